The maximum Gasteiger partial charge on any atom is 0.159 e. The highest BCUT2D eigenvalue weighted by Gasteiger charge is 2.24. The van der Waals surface area contributed by atoms with Crippen LogP contribution in [0.3, 0.4) is 0 Å². The molecule has 0 atom stereocenters. The molecule has 0 aliphatic carbocycles. The van der Waals surface area contributed by atoms with Gasteiger partial charge in [-0.15, -0.1) is 0 Å². The van der Waals surface area contributed by atoms with E-state index in [0.717, 1.165) is 18.5 Å². The fourth-order valence-corrected chi connectivity index (χ4v) is 4.69. The smallest absolute Gasteiger partial charge is 0.159 e. The van der Waals surface area contributed by atoms with Crippen LogP contribution in [0.5, 0.6) is 0 Å². The van der Waals surface area contributed by atoms with Crippen molar-refractivity contribution in [1.29, 1.82) is 0 Å². The Balaban J connectivity index is 1.34. The molecule has 0 bridgehead atoms. The van der Waals surface area contributed by atoms with Crippen LogP contribution in [0, 0.1) is 11.6 Å². The maximum absolute atomic E-state index is 15.5. The second kappa shape index (κ2) is 10.1. The van der Waals surface area contributed by atoms with Crippen molar-refractivity contribution in [2.24, 2.45) is 4.99 Å². The molecule has 9 heteroatoms. The van der Waals surface area contributed by atoms with Crippen LogP contribution < -0.4 is 10.2 Å². The summed E-state index contributed by atoms with van der Waals surface area (Å²) in [7, 11) is 0. The van der Waals surface area contributed by atoms with Gasteiger partial charge in [0.05, 0.1) is 17.4 Å². The van der Waals surface area contributed by atoms with E-state index in [1.807, 2.05) is 24.3 Å². The van der Waals surface area contributed by atoms with Gasteiger partial charge in [0.1, 0.15) is 23.5 Å². The molecule has 0 spiro atoms. The van der Waals surface area contributed by atoms with Gasteiger partial charge >= 0.3 is 0 Å². The topological polar surface area (TPSA) is 53.4 Å². The summed E-state index contributed by atoms with van der Waals surface area (Å²) in [6.07, 6.45) is 4.67. The average Bonchev–Trinajstić information content (AvgIpc) is 2.87. The Morgan fingerprint density at radius 1 is 1.00 bits per heavy atom. The van der Waals surface area contributed by atoms with Crippen LogP contribution in [0.2, 0.25) is 10.0 Å². The third-order valence-corrected chi connectivity index (χ3v) is 6.62. The van der Waals surface area contributed by atoms with Gasteiger partial charge in [0.15, 0.2) is 5.82 Å². The van der Waals surface area contributed by atoms with Crippen molar-refractivity contribution in [2.75, 3.05) is 23.3 Å². The zero-order valence-corrected chi connectivity index (χ0v) is 20.1. The van der Waals surface area contributed by atoms with Crippen molar-refractivity contribution < 1.29 is 8.78 Å². The Bertz CT molecular complexity index is 1390. The minimum Gasteiger partial charge on any atom is -0.356 e. The first-order valence-electron chi connectivity index (χ1n) is 11.2. The number of aromatic nitrogens is 2. The molecule has 5 rings (SSSR count). The largest absolute Gasteiger partial charge is 0.356 e. The van der Waals surface area contributed by atoms with Crippen LogP contribution in [0.25, 0.3) is 22.0 Å². The highest BCUT2D eigenvalue weighted by Crippen LogP contribution is 2.38. The van der Waals surface area contributed by atoms with Crippen molar-refractivity contribution in [1.82, 2.24) is 9.97 Å². The van der Waals surface area contributed by atoms with E-state index >= 15 is 4.39 Å². The fourth-order valence-electron chi connectivity index (χ4n) is 4.27. The Labute approximate surface area is 211 Å². The SMILES string of the molecule is Fc1ccccc1-c1c(Cl)cc2c(N3CCC(N=CNc4ccc(Cl)cc4)CC3)ncnc2c1F. The molecular weight excluding hydrogens is 491 g/mol. The molecule has 1 aliphatic heterocycles. The monoisotopic (exact) mass is 511 g/mol. The first-order chi connectivity index (χ1) is 17.0. The molecule has 178 valence electrons. The van der Waals surface area contributed by atoms with Gasteiger partial charge in [0, 0.05) is 40.3 Å². The molecule has 4 aromatic rings. The summed E-state index contributed by atoms with van der Waals surface area (Å²) in [5, 5.41) is 4.45. The fraction of sp³-hybridized carbons (Fsp3) is 0.192. The first kappa shape index (κ1) is 23.5. The number of benzene rings is 3. The lowest BCUT2D eigenvalue weighted by atomic mass is 10.0. The number of fused-ring (bicyclic) bond motifs is 1. The summed E-state index contributed by atoms with van der Waals surface area (Å²) in [6, 6.07) is 15.2. The molecule has 2 heterocycles. The molecule has 0 unspecified atom stereocenters. The predicted molar refractivity (Wildman–Crippen MR) is 139 cm³/mol. The number of nitrogens with zero attached hydrogens (tertiary/aromatic N) is 4. The minimum absolute atomic E-state index is 0.00292. The molecule has 0 saturated carbocycles. The van der Waals surface area contributed by atoms with Crippen LogP contribution in [-0.4, -0.2) is 35.4 Å². The molecule has 0 radical (unpaired) electrons. The summed E-state index contributed by atoms with van der Waals surface area (Å²) >= 11 is 12.4. The number of rotatable bonds is 5. The van der Waals surface area contributed by atoms with E-state index in [1.54, 1.807) is 24.5 Å². The number of nitrogens with one attached hydrogen (secondary N) is 1. The Hall–Kier alpha value is -3.29. The zero-order chi connectivity index (χ0) is 24.4. The Morgan fingerprint density at radius 3 is 2.49 bits per heavy atom. The number of halogens is 4. The highest BCUT2D eigenvalue weighted by molar-refractivity contribution is 6.34. The second-order valence-electron chi connectivity index (χ2n) is 8.27. The molecule has 1 aromatic heterocycles. The van der Waals surface area contributed by atoms with E-state index in [4.69, 9.17) is 23.2 Å². The second-order valence-corrected chi connectivity index (χ2v) is 9.11. The van der Waals surface area contributed by atoms with E-state index < -0.39 is 11.6 Å². The molecule has 1 aliphatic rings. The average molecular weight is 512 g/mol. The standard InChI is InChI=1S/C26H21Cl2F2N5/c27-16-5-7-17(8-6-16)31-14-32-18-9-11-35(12-10-18)26-20-13-21(28)23(19-3-1-2-4-22(19)29)24(30)25(20)33-15-34-26/h1-8,13-15,18H,9-12H2,(H,31,32). The van der Waals surface area contributed by atoms with Crippen molar-refractivity contribution in [2.45, 2.75) is 18.9 Å². The van der Waals surface area contributed by atoms with Gasteiger partial charge < -0.3 is 10.2 Å². The van der Waals surface area contributed by atoms with Crippen LogP contribution in [-0.2, 0) is 0 Å². The number of piperidine rings is 1. The number of hydrogen-bond acceptors (Lipinski definition) is 4. The summed E-state index contributed by atoms with van der Waals surface area (Å²) < 4.78 is 29.9. The van der Waals surface area contributed by atoms with E-state index in [-0.39, 0.29) is 27.7 Å². The summed E-state index contributed by atoms with van der Waals surface area (Å²) in [5.41, 5.74) is 1.13. The molecule has 3 aromatic carbocycles. The van der Waals surface area contributed by atoms with E-state index in [9.17, 15) is 4.39 Å². The van der Waals surface area contributed by atoms with Gasteiger partial charge in [0.25, 0.3) is 0 Å². The van der Waals surface area contributed by atoms with Crippen LogP contribution in [0.1, 0.15) is 12.8 Å². The van der Waals surface area contributed by atoms with Gasteiger partial charge in [0.2, 0.25) is 0 Å². The van der Waals surface area contributed by atoms with Gasteiger partial charge in [-0.2, -0.15) is 0 Å². The van der Waals surface area contributed by atoms with Gasteiger partial charge in [-0.1, -0.05) is 41.4 Å². The van der Waals surface area contributed by atoms with Crippen LogP contribution in [0.15, 0.2) is 65.9 Å². The molecule has 1 N–H and O–H groups in total. The van der Waals surface area contributed by atoms with E-state index in [0.29, 0.717) is 29.3 Å². The third kappa shape index (κ3) is 4.92. The number of aliphatic imine (C=N–C) groups is 1. The van der Waals surface area contributed by atoms with Gasteiger partial charge in [-0.05, 0) is 49.2 Å². The molecule has 0 amide bonds. The molecule has 1 fully saturated rings. The van der Waals surface area contributed by atoms with Crippen LogP contribution >= 0.6 is 23.2 Å². The predicted octanol–water partition coefficient (Wildman–Crippen LogP) is 6.99. The summed E-state index contributed by atoms with van der Waals surface area (Å²) in [5.74, 6) is -0.596. The molecule has 35 heavy (non-hydrogen) atoms. The quantitative estimate of drug-likeness (QED) is 0.231. The first-order valence-corrected chi connectivity index (χ1v) is 11.9. The lowest BCUT2D eigenvalue weighted by molar-refractivity contribution is 0.502. The van der Waals surface area contributed by atoms with Gasteiger partial charge in [-0.3, -0.25) is 4.99 Å². The minimum atomic E-state index is -0.658. The lowest BCUT2D eigenvalue weighted by Crippen LogP contribution is -2.36. The number of hydrogen-bond donors (Lipinski definition) is 1. The number of anilines is 2. The van der Waals surface area contributed by atoms with Crippen molar-refractivity contribution in [3.05, 3.63) is 82.6 Å². The van der Waals surface area contributed by atoms with E-state index in [1.165, 1.54) is 18.5 Å². The summed E-state index contributed by atoms with van der Waals surface area (Å²) in [6.45, 7) is 1.40. The molecule has 1 saturated heterocycles. The van der Waals surface area contributed by atoms with Crippen molar-refractivity contribution in [3.63, 3.8) is 0 Å². The normalized spacial score (nSPS) is 14.7. The van der Waals surface area contributed by atoms with Gasteiger partial charge in [-0.25, -0.2) is 18.7 Å². The Kier molecular flexibility index (Phi) is 6.79. The van der Waals surface area contributed by atoms with Crippen molar-refractivity contribution in [3.8, 4) is 11.1 Å². The van der Waals surface area contributed by atoms with E-state index in [2.05, 4.69) is 25.2 Å². The molecular formula is C26H21Cl2F2N5. The zero-order valence-electron chi connectivity index (χ0n) is 18.6. The summed E-state index contributed by atoms with van der Waals surface area (Å²) in [4.78, 5) is 15.3. The lowest BCUT2D eigenvalue weighted by Gasteiger charge is -2.31. The maximum atomic E-state index is 15.5. The molecule has 5 nitrogen and oxygen atoms in total. The third-order valence-electron chi connectivity index (χ3n) is 6.07. The van der Waals surface area contributed by atoms with Crippen LogP contribution in [0.4, 0.5) is 20.3 Å². The Morgan fingerprint density at radius 2 is 1.74 bits per heavy atom. The van der Waals surface area contributed by atoms with Crippen molar-refractivity contribution >= 4 is 51.9 Å². The highest BCUT2D eigenvalue weighted by atomic mass is 35.5.